The van der Waals surface area contributed by atoms with Gasteiger partial charge in [0.1, 0.15) is 17.6 Å². The van der Waals surface area contributed by atoms with Crippen LogP contribution < -0.4 is 4.74 Å². The number of likely N-dealkylation sites (tertiary alicyclic amines) is 1. The Hall–Kier alpha value is -3.22. The largest absolute Gasteiger partial charge is 0.496 e. The maximum absolute atomic E-state index is 13.1. The standard InChI is InChI=1S/C21H20FN3O3/c1-27-18-7-3-2-5-15(18)13-19(26)25-12-4-6-17(25)21-23-20(24-28-21)14-8-10-16(22)11-9-14/h2-3,5,7-11,17H,4,6,12-13H2,1H3/t17-/m1/s1. The van der Waals surface area contributed by atoms with Gasteiger partial charge in [0.15, 0.2) is 0 Å². The van der Waals surface area contributed by atoms with Crippen LogP contribution in [0.3, 0.4) is 0 Å². The van der Waals surface area contributed by atoms with Gasteiger partial charge in [0.05, 0.1) is 13.5 Å². The van der Waals surface area contributed by atoms with Crippen LogP contribution in [0.15, 0.2) is 53.1 Å². The van der Waals surface area contributed by atoms with Crippen LogP contribution in [0.1, 0.15) is 30.3 Å². The highest BCUT2D eigenvalue weighted by atomic mass is 19.1. The third-order valence-electron chi connectivity index (χ3n) is 4.94. The number of hydrogen-bond donors (Lipinski definition) is 0. The molecule has 144 valence electrons. The molecule has 3 aromatic rings. The molecule has 0 unspecified atom stereocenters. The lowest BCUT2D eigenvalue weighted by Crippen LogP contribution is -2.32. The Morgan fingerprint density at radius 2 is 2.04 bits per heavy atom. The van der Waals surface area contributed by atoms with E-state index >= 15 is 0 Å². The van der Waals surface area contributed by atoms with Crippen LogP contribution in [0, 0.1) is 5.82 Å². The van der Waals surface area contributed by atoms with E-state index < -0.39 is 0 Å². The number of methoxy groups -OCH3 is 1. The van der Waals surface area contributed by atoms with Crippen molar-refractivity contribution >= 4 is 5.91 Å². The molecule has 0 aliphatic carbocycles. The minimum absolute atomic E-state index is 0.00599. The highest BCUT2D eigenvalue weighted by Crippen LogP contribution is 2.33. The molecule has 0 N–H and O–H groups in total. The Bertz CT molecular complexity index is 971. The number of para-hydroxylation sites is 1. The van der Waals surface area contributed by atoms with E-state index in [9.17, 15) is 9.18 Å². The van der Waals surface area contributed by atoms with Gasteiger partial charge in [0.25, 0.3) is 0 Å². The summed E-state index contributed by atoms with van der Waals surface area (Å²) in [6, 6.07) is 13.2. The molecule has 1 saturated heterocycles. The van der Waals surface area contributed by atoms with Crippen LogP contribution in [-0.4, -0.2) is 34.6 Å². The van der Waals surface area contributed by atoms with Crippen LogP contribution in [0.5, 0.6) is 5.75 Å². The first-order valence-corrected chi connectivity index (χ1v) is 9.16. The minimum Gasteiger partial charge on any atom is -0.496 e. The molecule has 1 atom stereocenters. The Labute approximate surface area is 161 Å². The summed E-state index contributed by atoms with van der Waals surface area (Å²) in [7, 11) is 1.59. The summed E-state index contributed by atoms with van der Waals surface area (Å²) in [5.41, 5.74) is 1.51. The monoisotopic (exact) mass is 381 g/mol. The summed E-state index contributed by atoms with van der Waals surface area (Å²) in [4.78, 5) is 19.2. The molecule has 1 amide bonds. The van der Waals surface area contributed by atoms with Gasteiger partial charge in [0, 0.05) is 17.7 Å². The summed E-state index contributed by atoms with van der Waals surface area (Å²) in [5, 5.41) is 4.00. The zero-order valence-electron chi connectivity index (χ0n) is 15.5. The normalized spacial score (nSPS) is 16.4. The first kappa shape index (κ1) is 18.2. The average molecular weight is 381 g/mol. The van der Waals surface area contributed by atoms with Gasteiger partial charge in [-0.2, -0.15) is 4.98 Å². The SMILES string of the molecule is COc1ccccc1CC(=O)N1CCC[C@@H]1c1nc(-c2ccc(F)cc2)no1. The van der Waals surface area contributed by atoms with Gasteiger partial charge in [-0.3, -0.25) is 4.79 Å². The van der Waals surface area contributed by atoms with Gasteiger partial charge in [-0.1, -0.05) is 23.4 Å². The molecule has 1 aromatic heterocycles. The Morgan fingerprint density at radius 1 is 1.25 bits per heavy atom. The third-order valence-corrected chi connectivity index (χ3v) is 4.94. The second-order valence-electron chi connectivity index (χ2n) is 6.70. The number of benzene rings is 2. The van der Waals surface area contributed by atoms with Crippen molar-refractivity contribution in [3.63, 3.8) is 0 Å². The lowest BCUT2D eigenvalue weighted by molar-refractivity contribution is -0.131. The Morgan fingerprint density at radius 3 is 2.82 bits per heavy atom. The maximum Gasteiger partial charge on any atom is 0.249 e. The van der Waals surface area contributed by atoms with Crippen LogP contribution >= 0.6 is 0 Å². The van der Waals surface area contributed by atoms with E-state index in [1.54, 1.807) is 24.1 Å². The fourth-order valence-corrected chi connectivity index (χ4v) is 3.52. The molecule has 0 spiro atoms. The predicted octanol–water partition coefficient (Wildman–Crippen LogP) is 3.79. The van der Waals surface area contributed by atoms with Crippen LogP contribution in [-0.2, 0) is 11.2 Å². The highest BCUT2D eigenvalue weighted by molar-refractivity contribution is 5.80. The van der Waals surface area contributed by atoms with E-state index in [4.69, 9.17) is 9.26 Å². The fourth-order valence-electron chi connectivity index (χ4n) is 3.52. The molecular weight excluding hydrogens is 361 g/mol. The predicted molar refractivity (Wildman–Crippen MR) is 100 cm³/mol. The van der Waals surface area contributed by atoms with Gasteiger partial charge in [-0.05, 0) is 43.2 Å². The zero-order valence-corrected chi connectivity index (χ0v) is 15.5. The van der Waals surface area contributed by atoms with Crippen molar-refractivity contribution in [3.8, 4) is 17.1 Å². The van der Waals surface area contributed by atoms with Crippen molar-refractivity contribution < 1.29 is 18.4 Å². The molecule has 28 heavy (non-hydrogen) atoms. The molecule has 6 nitrogen and oxygen atoms in total. The van der Waals surface area contributed by atoms with Gasteiger partial charge in [-0.15, -0.1) is 0 Å². The van der Waals surface area contributed by atoms with Gasteiger partial charge < -0.3 is 14.2 Å². The van der Waals surface area contributed by atoms with Crippen molar-refractivity contribution in [2.75, 3.05) is 13.7 Å². The van der Waals surface area contributed by atoms with E-state index in [2.05, 4.69) is 10.1 Å². The number of aromatic nitrogens is 2. The zero-order chi connectivity index (χ0) is 19.5. The van der Waals surface area contributed by atoms with Gasteiger partial charge >= 0.3 is 0 Å². The summed E-state index contributed by atoms with van der Waals surface area (Å²) >= 11 is 0. The topological polar surface area (TPSA) is 68.5 Å². The first-order chi connectivity index (χ1) is 13.7. The second kappa shape index (κ2) is 7.80. The summed E-state index contributed by atoms with van der Waals surface area (Å²) in [6.07, 6.45) is 1.89. The lowest BCUT2D eigenvalue weighted by atomic mass is 10.1. The molecule has 2 aromatic carbocycles. The Balaban J connectivity index is 1.52. The van der Waals surface area contributed by atoms with E-state index in [0.29, 0.717) is 29.6 Å². The number of halogens is 1. The van der Waals surface area contributed by atoms with Crippen LogP contribution in [0.4, 0.5) is 4.39 Å². The van der Waals surface area contributed by atoms with Crippen molar-refractivity contribution in [2.45, 2.75) is 25.3 Å². The number of hydrogen-bond acceptors (Lipinski definition) is 5. The smallest absolute Gasteiger partial charge is 0.249 e. The summed E-state index contributed by atoms with van der Waals surface area (Å²) in [6.45, 7) is 0.646. The molecule has 0 bridgehead atoms. The number of rotatable bonds is 5. The average Bonchev–Trinajstić information content (AvgIpc) is 3.38. The molecule has 1 fully saturated rings. The molecule has 0 radical (unpaired) electrons. The van der Waals surface area contributed by atoms with Crippen molar-refractivity contribution in [1.82, 2.24) is 15.0 Å². The quantitative estimate of drug-likeness (QED) is 0.673. The third kappa shape index (κ3) is 3.60. The summed E-state index contributed by atoms with van der Waals surface area (Å²) < 4.78 is 23.9. The van der Waals surface area contributed by atoms with E-state index in [0.717, 1.165) is 18.4 Å². The first-order valence-electron chi connectivity index (χ1n) is 9.16. The van der Waals surface area contributed by atoms with E-state index in [1.807, 2.05) is 24.3 Å². The highest BCUT2D eigenvalue weighted by Gasteiger charge is 2.34. The number of amides is 1. The van der Waals surface area contributed by atoms with Crippen molar-refractivity contribution in [2.24, 2.45) is 0 Å². The number of carbonyl (C=O) groups is 1. The minimum atomic E-state index is -0.323. The molecule has 0 saturated carbocycles. The second-order valence-corrected chi connectivity index (χ2v) is 6.70. The molecule has 7 heteroatoms. The molecule has 4 rings (SSSR count). The Kier molecular flexibility index (Phi) is 5.06. The fraction of sp³-hybridized carbons (Fsp3) is 0.286. The van der Waals surface area contributed by atoms with Crippen LogP contribution in [0.25, 0.3) is 11.4 Å². The van der Waals surface area contributed by atoms with Crippen molar-refractivity contribution in [1.29, 1.82) is 0 Å². The van der Waals surface area contributed by atoms with Crippen molar-refractivity contribution in [3.05, 3.63) is 65.8 Å². The molecule has 1 aliphatic heterocycles. The summed E-state index contributed by atoms with van der Waals surface area (Å²) in [5.74, 6) is 1.16. The van der Waals surface area contributed by atoms with Gasteiger partial charge in [0.2, 0.25) is 17.6 Å². The number of nitrogens with zero attached hydrogens (tertiary/aromatic N) is 3. The molecular formula is C21H20FN3O3. The van der Waals surface area contributed by atoms with E-state index in [-0.39, 0.29) is 24.2 Å². The molecule has 2 heterocycles. The lowest BCUT2D eigenvalue weighted by Gasteiger charge is -2.22. The maximum atomic E-state index is 13.1. The number of carbonyl (C=O) groups excluding carboxylic acids is 1. The molecule has 1 aliphatic rings. The number of ether oxygens (including phenoxy) is 1. The van der Waals surface area contributed by atoms with E-state index in [1.165, 1.54) is 12.1 Å². The van der Waals surface area contributed by atoms with Crippen LogP contribution in [0.2, 0.25) is 0 Å². The van der Waals surface area contributed by atoms with Gasteiger partial charge in [-0.25, -0.2) is 4.39 Å².